The molecule has 2 nitrogen and oxygen atoms in total. The van der Waals surface area contributed by atoms with Crippen molar-refractivity contribution in [1.29, 1.82) is 0 Å². The maximum absolute atomic E-state index is 12.1. The molecule has 0 saturated heterocycles. The number of aliphatic hydroxyl groups is 2. The zero-order chi connectivity index (χ0) is 6.85. The third kappa shape index (κ3) is 1.37. The first-order valence-corrected chi connectivity index (χ1v) is 2.62. The molecule has 0 aromatic heterocycles. The molecule has 1 aliphatic rings. The molecule has 0 amide bonds. The van der Waals surface area contributed by atoms with Gasteiger partial charge in [-0.1, -0.05) is 6.08 Å². The first-order valence-electron chi connectivity index (χ1n) is 2.62. The zero-order valence-electron chi connectivity index (χ0n) is 4.66. The molecule has 0 bridgehead atoms. The van der Waals surface area contributed by atoms with Crippen LogP contribution in [0.1, 0.15) is 0 Å². The summed E-state index contributed by atoms with van der Waals surface area (Å²) in [4.78, 5) is 0. The van der Waals surface area contributed by atoms with E-state index in [2.05, 4.69) is 0 Å². The lowest BCUT2D eigenvalue weighted by molar-refractivity contribution is 0.0774. The summed E-state index contributed by atoms with van der Waals surface area (Å²) in [5, 5.41) is 17.5. The molecule has 1 aliphatic carbocycles. The van der Waals surface area contributed by atoms with Gasteiger partial charge in [-0.3, -0.25) is 0 Å². The topological polar surface area (TPSA) is 40.5 Å². The van der Waals surface area contributed by atoms with Crippen molar-refractivity contribution in [2.24, 2.45) is 0 Å². The fourth-order valence-electron chi connectivity index (χ4n) is 0.622. The molecule has 3 heteroatoms. The van der Waals surface area contributed by atoms with Gasteiger partial charge in [0.05, 0.1) is 0 Å². The van der Waals surface area contributed by atoms with Gasteiger partial charge in [-0.2, -0.15) is 0 Å². The fraction of sp³-hybridized carbons (Fsp3) is 0.333. The number of aliphatic hydroxyl groups excluding tert-OH is 2. The lowest BCUT2D eigenvalue weighted by atomic mass is 10.1. The van der Waals surface area contributed by atoms with Crippen LogP contribution in [0.5, 0.6) is 0 Å². The first-order chi connectivity index (χ1) is 4.20. The van der Waals surface area contributed by atoms with Gasteiger partial charge in [0.1, 0.15) is 18.0 Å². The lowest BCUT2D eigenvalue weighted by Crippen LogP contribution is -2.23. The van der Waals surface area contributed by atoms with E-state index >= 15 is 0 Å². The number of hydrogen-bond donors (Lipinski definition) is 2. The number of halogens is 1. The Morgan fingerprint density at radius 1 is 1.33 bits per heavy atom. The van der Waals surface area contributed by atoms with Crippen molar-refractivity contribution in [2.75, 3.05) is 0 Å². The summed E-state index contributed by atoms with van der Waals surface area (Å²) in [6.45, 7) is 0. The van der Waals surface area contributed by atoms with Crippen molar-refractivity contribution in [3.8, 4) is 0 Å². The van der Waals surface area contributed by atoms with Crippen molar-refractivity contribution in [2.45, 2.75) is 12.2 Å². The lowest BCUT2D eigenvalue weighted by Gasteiger charge is -2.12. The summed E-state index contributed by atoms with van der Waals surface area (Å²) in [5.74, 6) is -0.507. The van der Waals surface area contributed by atoms with E-state index in [4.69, 9.17) is 10.2 Å². The Labute approximate surface area is 51.9 Å². The quantitative estimate of drug-likeness (QED) is 0.489. The normalized spacial score (nSPS) is 34.3. The van der Waals surface area contributed by atoms with E-state index in [-0.39, 0.29) is 0 Å². The molecule has 1 rings (SSSR count). The van der Waals surface area contributed by atoms with E-state index in [9.17, 15) is 4.39 Å². The van der Waals surface area contributed by atoms with Gasteiger partial charge >= 0.3 is 0 Å². The van der Waals surface area contributed by atoms with E-state index in [1.165, 1.54) is 6.08 Å². The van der Waals surface area contributed by atoms with E-state index < -0.39 is 18.0 Å². The van der Waals surface area contributed by atoms with Crippen molar-refractivity contribution in [1.82, 2.24) is 0 Å². The maximum atomic E-state index is 12.1. The Hall–Kier alpha value is -0.670. The molecule has 50 valence electrons. The Bertz CT molecular complexity index is 162. The summed E-state index contributed by atoms with van der Waals surface area (Å²) in [6, 6.07) is 0. The summed E-state index contributed by atoms with van der Waals surface area (Å²) in [6.07, 6.45) is 1.25. The van der Waals surface area contributed by atoms with Crippen LogP contribution in [0.15, 0.2) is 24.1 Å². The molecule has 0 radical (unpaired) electrons. The second kappa shape index (κ2) is 2.29. The zero-order valence-corrected chi connectivity index (χ0v) is 4.66. The summed E-state index contributed by atoms with van der Waals surface area (Å²) in [7, 11) is 0. The van der Waals surface area contributed by atoms with Crippen molar-refractivity contribution in [3.05, 3.63) is 24.1 Å². The summed E-state index contributed by atoms with van der Waals surface area (Å²) < 4.78 is 12.1. The Kier molecular flexibility index (Phi) is 1.64. The van der Waals surface area contributed by atoms with Crippen LogP contribution in [-0.4, -0.2) is 22.4 Å². The second-order valence-corrected chi connectivity index (χ2v) is 1.89. The average Bonchev–Trinajstić information content (AvgIpc) is 1.80. The standard InChI is InChI=1S/C6H7FO2/c7-4-1-2-5(8)6(9)3-4/h1-3,5-6,8-9H/t5-,6-/m1/s1. The van der Waals surface area contributed by atoms with Gasteiger partial charge in [0, 0.05) is 0 Å². The van der Waals surface area contributed by atoms with Gasteiger partial charge in [-0.25, -0.2) is 4.39 Å². The highest BCUT2D eigenvalue weighted by Crippen LogP contribution is 2.11. The van der Waals surface area contributed by atoms with E-state index in [1.807, 2.05) is 0 Å². The van der Waals surface area contributed by atoms with Gasteiger partial charge in [0.25, 0.3) is 0 Å². The molecule has 0 unspecified atom stereocenters. The van der Waals surface area contributed by atoms with Gasteiger partial charge in [0.2, 0.25) is 0 Å². The molecular weight excluding hydrogens is 123 g/mol. The Morgan fingerprint density at radius 2 is 2.00 bits per heavy atom. The molecule has 0 aromatic rings. The molecule has 0 saturated carbocycles. The van der Waals surface area contributed by atoms with Crippen LogP contribution in [-0.2, 0) is 0 Å². The maximum Gasteiger partial charge on any atom is 0.121 e. The first kappa shape index (κ1) is 6.45. The summed E-state index contributed by atoms with van der Waals surface area (Å²) in [5.41, 5.74) is 0. The highest BCUT2D eigenvalue weighted by atomic mass is 19.1. The van der Waals surface area contributed by atoms with Crippen molar-refractivity contribution >= 4 is 0 Å². The minimum absolute atomic E-state index is 0.507. The molecule has 0 aliphatic heterocycles. The van der Waals surface area contributed by atoms with Crippen LogP contribution in [0, 0.1) is 0 Å². The van der Waals surface area contributed by atoms with Gasteiger partial charge in [0.15, 0.2) is 0 Å². The van der Waals surface area contributed by atoms with Gasteiger partial charge < -0.3 is 10.2 Å². The second-order valence-electron chi connectivity index (χ2n) is 1.89. The van der Waals surface area contributed by atoms with Crippen LogP contribution in [0.4, 0.5) is 4.39 Å². The van der Waals surface area contributed by atoms with Crippen LogP contribution >= 0.6 is 0 Å². The highest BCUT2D eigenvalue weighted by molar-refractivity contribution is 5.21. The van der Waals surface area contributed by atoms with Crippen LogP contribution in [0.3, 0.4) is 0 Å². The van der Waals surface area contributed by atoms with E-state index in [0.29, 0.717) is 0 Å². The van der Waals surface area contributed by atoms with Gasteiger partial charge in [-0.05, 0) is 12.2 Å². The minimum atomic E-state index is -1.09. The van der Waals surface area contributed by atoms with Crippen molar-refractivity contribution in [3.63, 3.8) is 0 Å². The van der Waals surface area contributed by atoms with E-state index in [0.717, 1.165) is 12.2 Å². The molecule has 0 fully saturated rings. The third-order valence-electron chi connectivity index (χ3n) is 1.13. The molecule has 0 aromatic carbocycles. The molecule has 0 spiro atoms. The molecular formula is C6H7FO2. The van der Waals surface area contributed by atoms with Crippen molar-refractivity contribution < 1.29 is 14.6 Å². The molecule has 0 heterocycles. The van der Waals surface area contributed by atoms with Crippen LogP contribution in [0.25, 0.3) is 0 Å². The fourth-order valence-corrected chi connectivity index (χ4v) is 0.622. The molecule has 2 N–H and O–H groups in total. The molecule has 9 heavy (non-hydrogen) atoms. The number of allylic oxidation sites excluding steroid dienone is 2. The average molecular weight is 130 g/mol. The SMILES string of the molecule is O[C@@H]1C=CC(F)=C[C@H]1O. The third-order valence-corrected chi connectivity index (χ3v) is 1.13. The predicted molar refractivity (Wildman–Crippen MR) is 30.3 cm³/mol. The van der Waals surface area contributed by atoms with E-state index in [1.54, 1.807) is 0 Å². The minimum Gasteiger partial charge on any atom is -0.386 e. The molecule has 2 atom stereocenters. The van der Waals surface area contributed by atoms with Gasteiger partial charge in [-0.15, -0.1) is 0 Å². The number of rotatable bonds is 0. The predicted octanol–water partition coefficient (Wildman–Crippen LogP) is 0.131. The Morgan fingerprint density at radius 3 is 2.44 bits per heavy atom. The Balaban J connectivity index is 2.70. The van der Waals surface area contributed by atoms with Crippen LogP contribution < -0.4 is 0 Å². The number of hydrogen-bond acceptors (Lipinski definition) is 2. The highest BCUT2D eigenvalue weighted by Gasteiger charge is 2.14. The smallest absolute Gasteiger partial charge is 0.121 e. The monoisotopic (exact) mass is 130 g/mol. The van der Waals surface area contributed by atoms with Crippen LogP contribution in [0.2, 0.25) is 0 Å². The largest absolute Gasteiger partial charge is 0.386 e. The summed E-state index contributed by atoms with van der Waals surface area (Å²) >= 11 is 0.